The summed E-state index contributed by atoms with van der Waals surface area (Å²) in [6, 6.07) is 14.7. The average molecular weight is 392 g/mol. The lowest BCUT2D eigenvalue weighted by atomic mass is 9.89. The van der Waals surface area contributed by atoms with Gasteiger partial charge >= 0.3 is 6.03 Å². The van der Waals surface area contributed by atoms with Crippen molar-refractivity contribution >= 4 is 28.6 Å². The Morgan fingerprint density at radius 3 is 2.52 bits per heavy atom. The van der Waals surface area contributed by atoms with E-state index in [4.69, 9.17) is 0 Å². The predicted octanol–water partition coefficient (Wildman–Crippen LogP) is 2.66. The highest BCUT2D eigenvalue weighted by Crippen LogP contribution is 2.31. The summed E-state index contributed by atoms with van der Waals surface area (Å²) in [5.74, 6) is -1.20. The van der Waals surface area contributed by atoms with E-state index in [1.165, 1.54) is 0 Å². The zero-order valence-electron chi connectivity index (χ0n) is 16.9. The molecule has 2 atom stereocenters. The van der Waals surface area contributed by atoms with E-state index in [0.717, 1.165) is 15.7 Å². The fraction of sp³-hybridized carbons (Fsp3) is 0.364. The van der Waals surface area contributed by atoms with Gasteiger partial charge in [-0.1, -0.05) is 50.2 Å². The van der Waals surface area contributed by atoms with Crippen molar-refractivity contribution in [1.29, 1.82) is 5.26 Å². The number of fused-ring (bicyclic) bond motifs is 1. The number of hydrogen-bond acceptors (Lipinski definition) is 4. The van der Waals surface area contributed by atoms with E-state index >= 15 is 0 Å². The maximum absolute atomic E-state index is 13.1. The quantitative estimate of drug-likeness (QED) is 0.764. The van der Waals surface area contributed by atoms with Crippen LogP contribution in [-0.2, 0) is 15.1 Å². The Balaban J connectivity index is 1.83. The van der Waals surface area contributed by atoms with Gasteiger partial charge in [0.25, 0.3) is 5.91 Å². The van der Waals surface area contributed by atoms with Gasteiger partial charge in [-0.2, -0.15) is 5.26 Å². The van der Waals surface area contributed by atoms with Crippen LogP contribution in [0.4, 0.5) is 4.79 Å². The molecule has 2 aromatic carbocycles. The number of carbonyl (C=O) groups is 3. The number of imide groups is 1. The van der Waals surface area contributed by atoms with Crippen molar-refractivity contribution in [3.05, 3.63) is 48.0 Å². The third kappa shape index (κ3) is 3.54. The number of urea groups is 1. The van der Waals surface area contributed by atoms with Gasteiger partial charge in [0.05, 0.1) is 6.07 Å². The Kier molecular flexibility index (Phi) is 5.05. The molecule has 0 saturated carbocycles. The maximum Gasteiger partial charge on any atom is 0.325 e. The Labute approximate surface area is 169 Å². The summed E-state index contributed by atoms with van der Waals surface area (Å²) in [7, 11) is 0. The SMILES string of the molecule is CC(C)[C@](C)(C#N)NC(=O)CN1C(=O)N[C@@](C)(c2ccc3ccccc3c2)C1=O. The Morgan fingerprint density at radius 2 is 1.90 bits per heavy atom. The molecule has 2 aromatic rings. The molecule has 0 radical (unpaired) electrons. The van der Waals surface area contributed by atoms with Crippen LogP contribution in [-0.4, -0.2) is 34.8 Å². The number of carbonyl (C=O) groups excluding carboxylic acids is 3. The molecule has 7 heteroatoms. The molecule has 1 heterocycles. The van der Waals surface area contributed by atoms with Crippen LogP contribution in [0.25, 0.3) is 10.8 Å². The maximum atomic E-state index is 13.1. The lowest BCUT2D eigenvalue weighted by molar-refractivity contribution is -0.135. The number of nitrogens with one attached hydrogen (secondary N) is 2. The summed E-state index contributed by atoms with van der Waals surface area (Å²) >= 11 is 0. The molecule has 29 heavy (non-hydrogen) atoms. The van der Waals surface area contributed by atoms with E-state index in [1.54, 1.807) is 19.9 Å². The van der Waals surface area contributed by atoms with Crippen LogP contribution in [0, 0.1) is 17.2 Å². The first-order valence-corrected chi connectivity index (χ1v) is 9.46. The van der Waals surface area contributed by atoms with Gasteiger partial charge in [-0.25, -0.2) is 4.79 Å². The molecule has 1 aliphatic rings. The van der Waals surface area contributed by atoms with Crippen LogP contribution < -0.4 is 10.6 Å². The summed E-state index contributed by atoms with van der Waals surface area (Å²) in [4.78, 5) is 38.9. The highest BCUT2D eigenvalue weighted by Gasteiger charge is 2.49. The smallest absolute Gasteiger partial charge is 0.325 e. The second kappa shape index (κ2) is 7.21. The zero-order valence-corrected chi connectivity index (χ0v) is 16.9. The van der Waals surface area contributed by atoms with Gasteiger partial charge in [0, 0.05) is 0 Å². The second-order valence-electron chi connectivity index (χ2n) is 8.03. The summed E-state index contributed by atoms with van der Waals surface area (Å²) in [6.07, 6.45) is 0. The average Bonchev–Trinajstić information content (AvgIpc) is 2.91. The molecular formula is C22H24N4O3. The van der Waals surface area contributed by atoms with Gasteiger partial charge < -0.3 is 10.6 Å². The fourth-order valence-electron chi connectivity index (χ4n) is 3.31. The first-order chi connectivity index (χ1) is 13.6. The van der Waals surface area contributed by atoms with E-state index in [1.807, 2.05) is 50.2 Å². The Bertz CT molecular complexity index is 1040. The van der Waals surface area contributed by atoms with E-state index in [2.05, 4.69) is 16.7 Å². The summed E-state index contributed by atoms with van der Waals surface area (Å²) in [5.41, 5.74) is -1.71. The molecule has 0 bridgehead atoms. The minimum Gasteiger partial charge on any atom is -0.336 e. The van der Waals surface area contributed by atoms with Crippen molar-refractivity contribution in [2.75, 3.05) is 6.54 Å². The molecule has 0 aromatic heterocycles. The van der Waals surface area contributed by atoms with Gasteiger partial charge in [0.2, 0.25) is 5.91 Å². The van der Waals surface area contributed by atoms with Gasteiger partial charge in [-0.05, 0) is 42.2 Å². The Morgan fingerprint density at radius 1 is 1.24 bits per heavy atom. The minimum absolute atomic E-state index is 0.137. The van der Waals surface area contributed by atoms with Crippen molar-refractivity contribution < 1.29 is 14.4 Å². The molecule has 1 aliphatic heterocycles. The third-order valence-electron chi connectivity index (χ3n) is 5.69. The van der Waals surface area contributed by atoms with Crippen LogP contribution in [0.3, 0.4) is 0 Å². The number of nitriles is 1. The van der Waals surface area contributed by atoms with E-state index < -0.39 is 35.5 Å². The van der Waals surface area contributed by atoms with Crippen LogP contribution >= 0.6 is 0 Å². The standard InChI is InChI=1S/C22H24N4O3/c1-14(2)21(3,13-23)24-18(27)12-26-19(28)22(4,25-20(26)29)17-10-9-15-7-5-6-8-16(15)11-17/h5-11,14H,12H2,1-4H3,(H,24,27)(H,25,29)/t21-,22-/m0/s1. The molecule has 1 saturated heterocycles. The van der Waals surface area contributed by atoms with E-state index in [-0.39, 0.29) is 5.92 Å². The monoisotopic (exact) mass is 392 g/mol. The van der Waals surface area contributed by atoms with E-state index in [9.17, 15) is 19.6 Å². The minimum atomic E-state index is -1.27. The molecule has 0 unspecified atom stereocenters. The normalized spacial score (nSPS) is 21.0. The third-order valence-corrected chi connectivity index (χ3v) is 5.69. The molecule has 150 valence electrons. The van der Waals surface area contributed by atoms with Crippen molar-refractivity contribution in [3.8, 4) is 6.07 Å². The van der Waals surface area contributed by atoms with Gasteiger partial charge in [0.15, 0.2) is 0 Å². The highest BCUT2D eigenvalue weighted by molar-refractivity contribution is 6.09. The molecule has 4 amide bonds. The Hall–Kier alpha value is -3.40. The van der Waals surface area contributed by atoms with Crippen LogP contribution in [0.2, 0.25) is 0 Å². The van der Waals surface area contributed by atoms with Crippen molar-refractivity contribution in [2.24, 2.45) is 5.92 Å². The number of nitrogens with zero attached hydrogens (tertiary/aromatic N) is 2. The molecular weight excluding hydrogens is 368 g/mol. The topological polar surface area (TPSA) is 102 Å². The summed E-state index contributed by atoms with van der Waals surface area (Å²) < 4.78 is 0. The summed E-state index contributed by atoms with van der Waals surface area (Å²) in [5, 5.41) is 16.7. The second-order valence-corrected chi connectivity index (χ2v) is 8.03. The van der Waals surface area contributed by atoms with Crippen molar-refractivity contribution in [1.82, 2.24) is 15.5 Å². The zero-order chi connectivity index (χ0) is 21.4. The fourth-order valence-corrected chi connectivity index (χ4v) is 3.31. The van der Waals surface area contributed by atoms with Crippen LogP contribution in [0.1, 0.15) is 33.3 Å². The van der Waals surface area contributed by atoms with E-state index in [0.29, 0.717) is 5.56 Å². The van der Waals surface area contributed by atoms with Gasteiger partial charge in [-0.3, -0.25) is 14.5 Å². The summed E-state index contributed by atoms with van der Waals surface area (Å²) in [6.45, 7) is 6.42. The van der Waals surface area contributed by atoms with Gasteiger partial charge in [0.1, 0.15) is 17.6 Å². The molecule has 1 fully saturated rings. The number of amides is 4. The van der Waals surface area contributed by atoms with Crippen molar-refractivity contribution in [3.63, 3.8) is 0 Å². The molecule has 3 rings (SSSR count). The van der Waals surface area contributed by atoms with Gasteiger partial charge in [-0.15, -0.1) is 0 Å². The number of benzene rings is 2. The van der Waals surface area contributed by atoms with Crippen LogP contribution in [0.15, 0.2) is 42.5 Å². The number of rotatable bonds is 5. The molecule has 7 nitrogen and oxygen atoms in total. The highest BCUT2D eigenvalue weighted by atomic mass is 16.2. The molecule has 2 N–H and O–H groups in total. The van der Waals surface area contributed by atoms with Crippen LogP contribution in [0.5, 0.6) is 0 Å². The predicted molar refractivity (Wildman–Crippen MR) is 109 cm³/mol. The first kappa shape index (κ1) is 20.3. The molecule has 0 aliphatic carbocycles. The lowest BCUT2D eigenvalue weighted by Crippen LogP contribution is -2.52. The largest absolute Gasteiger partial charge is 0.336 e. The first-order valence-electron chi connectivity index (χ1n) is 9.46. The molecule has 0 spiro atoms. The van der Waals surface area contributed by atoms with Crippen molar-refractivity contribution in [2.45, 2.75) is 38.8 Å². The number of hydrogen-bond donors (Lipinski definition) is 2. The lowest BCUT2D eigenvalue weighted by Gasteiger charge is -2.28.